The number of methoxy groups -OCH3 is 1. The number of pyridine rings is 1. The van der Waals surface area contributed by atoms with Gasteiger partial charge in [0.15, 0.2) is 0 Å². The number of hydrogen-bond donors (Lipinski definition) is 2. The lowest BCUT2D eigenvalue weighted by Gasteiger charge is -2.07. The van der Waals surface area contributed by atoms with Gasteiger partial charge in [-0.2, -0.15) is 0 Å². The molecule has 3 N–H and O–H groups in total. The normalized spacial score (nSPS) is 9.39. The molecule has 1 aromatic carbocycles. The Kier molecular flexibility index (Phi) is 7.43. The number of nitrogens with zero attached hydrogens (tertiary/aromatic N) is 1. The molecule has 2 rings (SSSR count). The molecule has 0 bridgehead atoms. The minimum atomic E-state index is 0. The van der Waals surface area contributed by atoms with E-state index in [2.05, 4.69) is 10.3 Å². The van der Waals surface area contributed by atoms with Crippen molar-refractivity contribution in [3.63, 3.8) is 0 Å². The number of aromatic nitrogens is 1. The van der Waals surface area contributed by atoms with Crippen LogP contribution in [0.25, 0.3) is 10.9 Å². The van der Waals surface area contributed by atoms with Gasteiger partial charge in [0, 0.05) is 19.0 Å². The van der Waals surface area contributed by atoms with Gasteiger partial charge in [-0.25, -0.2) is 4.98 Å². The van der Waals surface area contributed by atoms with Crippen molar-refractivity contribution in [1.29, 1.82) is 0 Å². The van der Waals surface area contributed by atoms with Gasteiger partial charge in [0.05, 0.1) is 17.8 Å². The van der Waals surface area contributed by atoms with Crippen LogP contribution in [0.5, 0.6) is 0 Å². The number of fused-ring (bicyclic) bond motifs is 1. The van der Waals surface area contributed by atoms with Crippen LogP contribution < -0.4 is 11.1 Å². The van der Waals surface area contributed by atoms with E-state index in [0.717, 1.165) is 23.3 Å². The summed E-state index contributed by atoms with van der Waals surface area (Å²) in [6, 6.07) is 9.73. The van der Waals surface area contributed by atoms with Crippen molar-refractivity contribution in [3.8, 4) is 0 Å². The fourth-order valence-electron chi connectivity index (χ4n) is 1.55. The summed E-state index contributed by atoms with van der Waals surface area (Å²) in [6.07, 6.45) is 0. The lowest BCUT2D eigenvalue weighted by Crippen LogP contribution is -2.08. The molecule has 4 nitrogen and oxygen atoms in total. The standard InChI is InChI=1S/C12H15N3O.2ClH/c1-16-8-7-14-11-6-5-9-3-2-4-10(13)12(9)15-11;;/h2-6H,7-8,13H2,1H3,(H,14,15);2*1H. The fourth-order valence-corrected chi connectivity index (χ4v) is 1.55. The molecule has 0 saturated carbocycles. The third-order valence-electron chi connectivity index (χ3n) is 2.36. The molecule has 0 spiro atoms. The Morgan fingerprint density at radius 3 is 2.72 bits per heavy atom. The van der Waals surface area contributed by atoms with E-state index in [9.17, 15) is 0 Å². The number of rotatable bonds is 4. The van der Waals surface area contributed by atoms with Crippen LogP contribution in [0, 0.1) is 0 Å². The van der Waals surface area contributed by atoms with Crippen LogP contribution in [-0.4, -0.2) is 25.2 Å². The van der Waals surface area contributed by atoms with Gasteiger partial charge in [-0.15, -0.1) is 24.8 Å². The van der Waals surface area contributed by atoms with Gasteiger partial charge in [0.2, 0.25) is 0 Å². The number of anilines is 2. The predicted octanol–water partition coefficient (Wildman–Crippen LogP) is 2.72. The Bertz CT molecular complexity index is 494. The first kappa shape index (κ1) is 16.8. The lowest BCUT2D eigenvalue weighted by molar-refractivity contribution is 0.210. The van der Waals surface area contributed by atoms with Crippen molar-refractivity contribution in [2.24, 2.45) is 0 Å². The minimum Gasteiger partial charge on any atom is -0.397 e. The number of nitrogen functional groups attached to an aromatic ring is 1. The van der Waals surface area contributed by atoms with Crippen molar-refractivity contribution in [3.05, 3.63) is 30.3 Å². The number of hydrogen-bond acceptors (Lipinski definition) is 4. The number of nitrogens with two attached hydrogens (primary N) is 1. The SMILES string of the molecule is COCCNc1ccc2cccc(N)c2n1.Cl.Cl. The Hall–Kier alpha value is -1.23. The second kappa shape index (κ2) is 7.97. The molecule has 0 atom stereocenters. The quantitative estimate of drug-likeness (QED) is 0.671. The molecule has 1 aromatic heterocycles. The van der Waals surface area contributed by atoms with Gasteiger partial charge in [-0.1, -0.05) is 12.1 Å². The van der Waals surface area contributed by atoms with Gasteiger partial charge in [0.25, 0.3) is 0 Å². The van der Waals surface area contributed by atoms with Crippen LogP contribution >= 0.6 is 24.8 Å². The van der Waals surface area contributed by atoms with E-state index < -0.39 is 0 Å². The number of halogens is 2. The minimum absolute atomic E-state index is 0. The van der Waals surface area contributed by atoms with Gasteiger partial charge < -0.3 is 15.8 Å². The maximum atomic E-state index is 5.86. The molecular weight excluding hydrogens is 273 g/mol. The van der Waals surface area contributed by atoms with Crippen LogP contribution in [0.4, 0.5) is 11.5 Å². The summed E-state index contributed by atoms with van der Waals surface area (Å²) >= 11 is 0. The molecule has 100 valence electrons. The summed E-state index contributed by atoms with van der Waals surface area (Å²) in [4.78, 5) is 4.45. The molecule has 0 unspecified atom stereocenters. The van der Waals surface area contributed by atoms with Gasteiger partial charge >= 0.3 is 0 Å². The van der Waals surface area contributed by atoms with E-state index in [0.29, 0.717) is 12.3 Å². The number of nitrogens with one attached hydrogen (secondary N) is 1. The lowest BCUT2D eigenvalue weighted by atomic mass is 10.2. The smallest absolute Gasteiger partial charge is 0.126 e. The predicted molar refractivity (Wildman–Crippen MR) is 81.0 cm³/mol. The average molecular weight is 290 g/mol. The van der Waals surface area contributed by atoms with Gasteiger partial charge in [-0.05, 0) is 18.2 Å². The summed E-state index contributed by atoms with van der Waals surface area (Å²) < 4.78 is 4.96. The summed E-state index contributed by atoms with van der Waals surface area (Å²) in [7, 11) is 1.67. The molecular formula is C12H17Cl2N3O. The first-order valence-electron chi connectivity index (χ1n) is 5.19. The zero-order chi connectivity index (χ0) is 11.4. The molecule has 0 aliphatic rings. The molecule has 0 fully saturated rings. The highest BCUT2D eigenvalue weighted by molar-refractivity contribution is 5.90. The molecule has 0 aliphatic carbocycles. The highest BCUT2D eigenvalue weighted by atomic mass is 35.5. The molecule has 18 heavy (non-hydrogen) atoms. The molecule has 0 amide bonds. The van der Waals surface area contributed by atoms with E-state index >= 15 is 0 Å². The Morgan fingerprint density at radius 2 is 2.00 bits per heavy atom. The van der Waals surface area contributed by atoms with Gasteiger partial charge in [0.1, 0.15) is 5.82 Å². The first-order chi connectivity index (χ1) is 7.81. The third-order valence-corrected chi connectivity index (χ3v) is 2.36. The third kappa shape index (κ3) is 3.91. The molecule has 0 aliphatic heterocycles. The zero-order valence-corrected chi connectivity index (χ0v) is 11.7. The second-order valence-corrected chi connectivity index (χ2v) is 3.54. The zero-order valence-electron chi connectivity index (χ0n) is 10.1. The molecule has 0 saturated heterocycles. The number of para-hydroxylation sites is 1. The summed E-state index contributed by atoms with van der Waals surface area (Å²) in [5.41, 5.74) is 7.40. The maximum Gasteiger partial charge on any atom is 0.126 e. The average Bonchev–Trinajstić information content (AvgIpc) is 2.30. The Balaban J connectivity index is 0.00000144. The van der Waals surface area contributed by atoms with Crippen LogP contribution in [0.2, 0.25) is 0 Å². The maximum absolute atomic E-state index is 5.86. The first-order valence-corrected chi connectivity index (χ1v) is 5.19. The van der Waals surface area contributed by atoms with E-state index in [-0.39, 0.29) is 24.8 Å². The van der Waals surface area contributed by atoms with Crippen molar-refractivity contribution < 1.29 is 4.74 Å². The van der Waals surface area contributed by atoms with Gasteiger partial charge in [-0.3, -0.25) is 0 Å². The molecule has 0 radical (unpaired) electrons. The van der Waals surface area contributed by atoms with Crippen LogP contribution in [0.15, 0.2) is 30.3 Å². The van der Waals surface area contributed by atoms with Crippen molar-refractivity contribution in [2.45, 2.75) is 0 Å². The number of benzene rings is 1. The van der Waals surface area contributed by atoms with Crippen molar-refractivity contribution in [2.75, 3.05) is 31.3 Å². The highest BCUT2D eigenvalue weighted by Crippen LogP contribution is 2.20. The van der Waals surface area contributed by atoms with E-state index in [4.69, 9.17) is 10.5 Å². The summed E-state index contributed by atoms with van der Waals surface area (Å²) in [5.74, 6) is 0.822. The monoisotopic (exact) mass is 289 g/mol. The van der Waals surface area contributed by atoms with Crippen molar-refractivity contribution >= 4 is 47.2 Å². The Labute approximate surface area is 119 Å². The van der Waals surface area contributed by atoms with Crippen LogP contribution in [0.1, 0.15) is 0 Å². The summed E-state index contributed by atoms with van der Waals surface area (Å²) in [5, 5.41) is 4.23. The molecule has 1 heterocycles. The topological polar surface area (TPSA) is 60.2 Å². The van der Waals surface area contributed by atoms with E-state index in [1.807, 2.05) is 30.3 Å². The summed E-state index contributed by atoms with van der Waals surface area (Å²) in [6.45, 7) is 1.39. The largest absolute Gasteiger partial charge is 0.397 e. The van der Waals surface area contributed by atoms with Crippen LogP contribution in [-0.2, 0) is 4.74 Å². The molecule has 2 aromatic rings. The second-order valence-electron chi connectivity index (χ2n) is 3.54. The molecule has 6 heteroatoms. The fraction of sp³-hybridized carbons (Fsp3) is 0.250. The Morgan fingerprint density at radius 1 is 1.22 bits per heavy atom. The highest BCUT2D eigenvalue weighted by Gasteiger charge is 2.00. The van der Waals surface area contributed by atoms with Crippen LogP contribution in [0.3, 0.4) is 0 Å². The van der Waals surface area contributed by atoms with E-state index in [1.165, 1.54) is 0 Å². The van der Waals surface area contributed by atoms with E-state index in [1.54, 1.807) is 7.11 Å². The number of ether oxygens (including phenoxy) is 1. The van der Waals surface area contributed by atoms with Crippen molar-refractivity contribution in [1.82, 2.24) is 4.98 Å².